The third-order valence-corrected chi connectivity index (χ3v) is 3.65. The van der Waals surface area contributed by atoms with Gasteiger partial charge in [0.05, 0.1) is 12.2 Å². The van der Waals surface area contributed by atoms with Gasteiger partial charge in [0, 0.05) is 38.3 Å². The van der Waals surface area contributed by atoms with Crippen LogP contribution < -0.4 is 0 Å². The van der Waals surface area contributed by atoms with Crippen LogP contribution in [0.1, 0.15) is 29.8 Å². The number of carbonyl (C=O) groups excluding carboxylic acids is 1. The second-order valence-corrected chi connectivity index (χ2v) is 6.24. The second-order valence-electron chi connectivity index (χ2n) is 6.24. The number of piperazine rings is 1. The van der Waals surface area contributed by atoms with Crippen LogP contribution in [0.15, 0.2) is 24.3 Å². The number of hydrogen-bond donors (Lipinski definition) is 2. The first-order valence-electron chi connectivity index (χ1n) is 7.33. The molecule has 1 aromatic carbocycles. The van der Waals surface area contributed by atoms with Crippen molar-refractivity contribution in [3.8, 4) is 0 Å². The Labute approximate surface area is 125 Å². The molecule has 1 saturated heterocycles. The summed E-state index contributed by atoms with van der Waals surface area (Å²) in [5.41, 5.74) is 0.761. The van der Waals surface area contributed by atoms with E-state index in [0.29, 0.717) is 25.2 Å². The smallest absolute Gasteiger partial charge is 0.253 e. The predicted octanol–water partition coefficient (Wildman–Crippen LogP) is 0.708. The fourth-order valence-electron chi connectivity index (χ4n) is 2.59. The van der Waals surface area contributed by atoms with Crippen LogP contribution >= 0.6 is 0 Å². The minimum Gasteiger partial charge on any atom is -0.392 e. The van der Waals surface area contributed by atoms with Crippen molar-refractivity contribution >= 4 is 5.91 Å². The summed E-state index contributed by atoms with van der Waals surface area (Å²) < 4.78 is 0. The zero-order chi connectivity index (χ0) is 15.5. The molecule has 0 aliphatic carbocycles. The lowest BCUT2D eigenvalue weighted by atomic mass is 10.1. The van der Waals surface area contributed by atoms with Gasteiger partial charge in [-0.3, -0.25) is 9.69 Å². The van der Waals surface area contributed by atoms with E-state index < -0.39 is 5.60 Å². The number of carbonyl (C=O) groups is 1. The first-order valence-corrected chi connectivity index (χ1v) is 7.33. The van der Waals surface area contributed by atoms with Crippen LogP contribution in [0, 0.1) is 0 Å². The van der Waals surface area contributed by atoms with Gasteiger partial charge in [-0.1, -0.05) is 12.1 Å². The van der Waals surface area contributed by atoms with Crippen LogP contribution in [0.2, 0.25) is 0 Å². The molecule has 5 nitrogen and oxygen atoms in total. The molecule has 1 aromatic rings. The highest BCUT2D eigenvalue weighted by molar-refractivity contribution is 5.94. The van der Waals surface area contributed by atoms with E-state index in [0.717, 1.165) is 18.7 Å². The fraction of sp³-hybridized carbons (Fsp3) is 0.562. The first-order chi connectivity index (χ1) is 9.89. The number of β-amino-alcohol motifs (C(OH)–C–C–N with tert-alkyl or cyclic N) is 1. The van der Waals surface area contributed by atoms with Gasteiger partial charge in [-0.05, 0) is 31.5 Å². The molecule has 5 heteroatoms. The van der Waals surface area contributed by atoms with Gasteiger partial charge < -0.3 is 15.1 Å². The van der Waals surface area contributed by atoms with Crippen molar-refractivity contribution in [1.82, 2.24) is 9.80 Å². The van der Waals surface area contributed by atoms with Crippen molar-refractivity contribution in [3.05, 3.63) is 35.4 Å². The Kier molecular flexibility index (Phi) is 4.98. The molecule has 2 N–H and O–H groups in total. The van der Waals surface area contributed by atoms with Gasteiger partial charge in [-0.25, -0.2) is 0 Å². The van der Waals surface area contributed by atoms with Crippen LogP contribution in [-0.4, -0.2) is 64.2 Å². The molecule has 1 amide bonds. The maximum atomic E-state index is 12.4. The molecule has 21 heavy (non-hydrogen) atoms. The van der Waals surface area contributed by atoms with E-state index >= 15 is 0 Å². The summed E-state index contributed by atoms with van der Waals surface area (Å²) in [4.78, 5) is 16.4. The number of rotatable bonds is 4. The Morgan fingerprint density at radius 2 is 1.71 bits per heavy atom. The molecule has 1 fully saturated rings. The topological polar surface area (TPSA) is 64.0 Å². The quantitative estimate of drug-likeness (QED) is 0.858. The number of hydrogen-bond acceptors (Lipinski definition) is 4. The van der Waals surface area contributed by atoms with Crippen molar-refractivity contribution in [3.63, 3.8) is 0 Å². The van der Waals surface area contributed by atoms with Gasteiger partial charge in [-0.2, -0.15) is 0 Å². The molecule has 1 aliphatic heterocycles. The van der Waals surface area contributed by atoms with Crippen LogP contribution in [0.4, 0.5) is 0 Å². The summed E-state index contributed by atoms with van der Waals surface area (Å²) in [6, 6.07) is 7.07. The van der Waals surface area contributed by atoms with E-state index in [2.05, 4.69) is 4.90 Å². The molecule has 0 saturated carbocycles. The summed E-state index contributed by atoms with van der Waals surface area (Å²) in [6.45, 7) is 7.13. The molecular weight excluding hydrogens is 268 g/mol. The summed E-state index contributed by atoms with van der Waals surface area (Å²) >= 11 is 0. The Morgan fingerprint density at radius 3 is 2.19 bits per heavy atom. The Bertz CT molecular complexity index is 471. The van der Waals surface area contributed by atoms with E-state index in [9.17, 15) is 9.90 Å². The van der Waals surface area contributed by atoms with Gasteiger partial charge in [0.25, 0.3) is 5.91 Å². The zero-order valence-electron chi connectivity index (χ0n) is 12.7. The van der Waals surface area contributed by atoms with Crippen molar-refractivity contribution in [2.24, 2.45) is 0 Å². The molecular formula is C16H24N2O3. The number of benzene rings is 1. The molecule has 116 valence electrons. The average molecular weight is 292 g/mol. The maximum Gasteiger partial charge on any atom is 0.253 e. The van der Waals surface area contributed by atoms with Gasteiger partial charge in [0.15, 0.2) is 0 Å². The number of aliphatic hydroxyl groups excluding tert-OH is 1. The van der Waals surface area contributed by atoms with Gasteiger partial charge in [0.2, 0.25) is 0 Å². The third kappa shape index (κ3) is 4.52. The minimum absolute atomic E-state index is 0.00983. The monoisotopic (exact) mass is 292 g/mol. The summed E-state index contributed by atoms with van der Waals surface area (Å²) in [6.07, 6.45) is 0. The maximum absolute atomic E-state index is 12.4. The Hall–Kier alpha value is -1.43. The van der Waals surface area contributed by atoms with E-state index in [1.54, 1.807) is 38.1 Å². The highest BCUT2D eigenvalue weighted by Gasteiger charge is 2.25. The second kappa shape index (κ2) is 6.56. The van der Waals surface area contributed by atoms with E-state index in [4.69, 9.17) is 5.11 Å². The van der Waals surface area contributed by atoms with Crippen LogP contribution in [0.25, 0.3) is 0 Å². The average Bonchev–Trinajstić information content (AvgIpc) is 2.46. The van der Waals surface area contributed by atoms with E-state index in [1.807, 2.05) is 4.90 Å². The predicted molar refractivity (Wildman–Crippen MR) is 81.0 cm³/mol. The van der Waals surface area contributed by atoms with Crippen LogP contribution in [-0.2, 0) is 6.61 Å². The summed E-state index contributed by atoms with van der Waals surface area (Å²) in [7, 11) is 0. The molecule has 0 bridgehead atoms. The zero-order valence-corrected chi connectivity index (χ0v) is 12.7. The SMILES string of the molecule is CC(C)(O)CN1CCN(C(=O)c2ccc(CO)cc2)CC1. The number of aliphatic hydroxyl groups is 2. The molecule has 0 aromatic heterocycles. The lowest BCUT2D eigenvalue weighted by Crippen LogP contribution is -2.51. The van der Waals surface area contributed by atoms with Crippen LogP contribution in [0.3, 0.4) is 0 Å². The minimum atomic E-state index is -0.702. The van der Waals surface area contributed by atoms with Crippen molar-refractivity contribution in [1.29, 1.82) is 0 Å². The lowest BCUT2D eigenvalue weighted by molar-refractivity contribution is 0.0178. The third-order valence-electron chi connectivity index (χ3n) is 3.65. The number of nitrogens with zero attached hydrogens (tertiary/aromatic N) is 2. The molecule has 0 spiro atoms. The molecule has 0 unspecified atom stereocenters. The van der Waals surface area contributed by atoms with Crippen molar-refractivity contribution in [2.45, 2.75) is 26.1 Å². The normalized spacial score (nSPS) is 17.0. The first kappa shape index (κ1) is 15.9. The summed E-state index contributed by atoms with van der Waals surface area (Å²) in [5, 5.41) is 18.8. The van der Waals surface area contributed by atoms with Gasteiger partial charge in [-0.15, -0.1) is 0 Å². The lowest BCUT2D eigenvalue weighted by Gasteiger charge is -2.37. The standard InChI is InChI=1S/C16H24N2O3/c1-16(2,21)12-17-7-9-18(10-8-17)15(20)14-5-3-13(11-19)4-6-14/h3-6,19,21H,7-12H2,1-2H3. The molecule has 2 rings (SSSR count). The Morgan fingerprint density at radius 1 is 1.14 bits per heavy atom. The highest BCUT2D eigenvalue weighted by Crippen LogP contribution is 2.12. The fourth-order valence-corrected chi connectivity index (χ4v) is 2.59. The van der Waals surface area contributed by atoms with Gasteiger partial charge in [0.1, 0.15) is 0 Å². The molecule has 0 radical (unpaired) electrons. The summed E-state index contributed by atoms with van der Waals surface area (Å²) in [5.74, 6) is 0.0300. The van der Waals surface area contributed by atoms with E-state index in [1.165, 1.54) is 0 Å². The van der Waals surface area contributed by atoms with Crippen LogP contribution in [0.5, 0.6) is 0 Å². The largest absolute Gasteiger partial charge is 0.392 e. The molecule has 0 atom stereocenters. The van der Waals surface area contributed by atoms with Crippen molar-refractivity contribution in [2.75, 3.05) is 32.7 Å². The Balaban J connectivity index is 1.90. The van der Waals surface area contributed by atoms with E-state index in [-0.39, 0.29) is 12.5 Å². The number of amides is 1. The van der Waals surface area contributed by atoms with Crippen molar-refractivity contribution < 1.29 is 15.0 Å². The molecule has 1 aliphatic rings. The van der Waals surface area contributed by atoms with Gasteiger partial charge >= 0.3 is 0 Å². The molecule has 1 heterocycles. The highest BCUT2D eigenvalue weighted by atomic mass is 16.3.